The lowest BCUT2D eigenvalue weighted by Crippen LogP contribution is -2.30. The minimum absolute atomic E-state index is 0.286. The molecule has 0 bridgehead atoms. The summed E-state index contributed by atoms with van der Waals surface area (Å²) in [7, 11) is 0. The largest absolute Gasteiger partial charge is 0.481 e. The molecule has 0 aliphatic rings. The van der Waals surface area contributed by atoms with Gasteiger partial charge in [0.25, 0.3) is 5.91 Å². The Morgan fingerprint density at radius 3 is 2.70 bits per heavy atom. The number of halogens is 1. The SMILES string of the molecule is CC(Oc1ccc(F)cc1)C(=O)Nc1cccc2ncccc12. The van der Waals surface area contributed by atoms with Crippen LogP contribution in [0.25, 0.3) is 10.9 Å². The molecule has 1 N–H and O–H groups in total. The fourth-order valence-corrected chi connectivity index (χ4v) is 2.22. The van der Waals surface area contributed by atoms with Gasteiger partial charge in [0.15, 0.2) is 6.10 Å². The van der Waals surface area contributed by atoms with Crippen molar-refractivity contribution in [2.24, 2.45) is 0 Å². The normalized spacial score (nSPS) is 11.9. The molecule has 0 spiro atoms. The molecule has 1 heterocycles. The number of hydrogen-bond acceptors (Lipinski definition) is 3. The van der Waals surface area contributed by atoms with Gasteiger partial charge >= 0.3 is 0 Å². The molecular weight excluding hydrogens is 295 g/mol. The first kappa shape index (κ1) is 15.0. The zero-order chi connectivity index (χ0) is 16.2. The average Bonchev–Trinajstić information content (AvgIpc) is 2.57. The van der Waals surface area contributed by atoms with Gasteiger partial charge in [0.2, 0.25) is 0 Å². The number of aromatic nitrogens is 1. The summed E-state index contributed by atoms with van der Waals surface area (Å²) in [4.78, 5) is 16.5. The van der Waals surface area contributed by atoms with Crippen molar-refractivity contribution in [3.63, 3.8) is 0 Å². The highest BCUT2D eigenvalue weighted by atomic mass is 19.1. The van der Waals surface area contributed by atoms with Crippen molar-refractivity contribution >= 4 is 22.5 Å². The lowest BCUT2D eigenvalue weighted by molar-refractivity contribution is -0.122. The summed E-state index contributed by atoms with van der Waals surface area (Å²) in [5, 5.41) is 3.70. The maximum atomic E-state index is 12.9. The first-order chi connectivity index (χ1) is 11.1. The molecule has 1 aromatic heterocycles. The van der Waals surface area contributed by atoms with Crippen LogP contribution in [0.4, 0.5) is 10.1 Å². The van der Waals surface area contributed by atoms with Crippen molar-refractivity contribution in [2.45, 2.75) is 13.0 Å². The lowest BCUT2D eigenvalue weighted by atomic mass is 10.2. The van der Waals surface area contributed by atoms with Crippen LogP contribution in [0, 0.1) is 5.82 Å². The van der Waals surface area contributed by atoms with Gasteiger partial charge in [-0.2, -0.15) is 0 Å². The van der Waals surface area contributed by atoms with Gasteiger partial charge in [-0.25, -0.2) is 4.39 Å². The van der Waals surface area contributed by atoms with Crippen LogP contribution in [0.5, 0.6) is 5.75 Å². The van der Waals surface area contributed by atoms with Crippen LogP contribution < -0.4 is 10.1 Å². The molecule has 116 valence electrons. The van der Waals surface area contributed by atoms with Gasteiger partial charge in [-0.15, -0.1) is 0 Å². The predicted octanol–water partition coefficient (Wildman–Crippen LogP) is 3.78. The summed E-state index contributed by atoms with van der Waals surface area (Å²) in [6.45, 7) is 1.64. The second-order valence-corrected chi connectivity index (χ2v) is 5.08. The van der Waals surface area contributed by atoms with Crippen LogP contribution >= 0.6 is 0 Å². The minimum Gasteiger partial charge on any atom is -0.481 e. The number of carbonyl (C=O) groups is 1. The number of carbonyl (C=O) groups excluding carboxylic acids is 1. The highest BCUT2D eigenvalue weighted by Crippen LogP contribution is 2.22. The van der Waals surface area contributed by atoms with Gasteiger partial charge in [-0.3, -0.25) is 9.78 Å². The van der Waals surface area contributed by atoms with E-state index in [1.807, 2.05) is 30.3 Å². The van der Waals surface area contributed by atoms with Crippen molar-refractivity contribution in [1.82, 2.24) is 4.98 Å². The Morgan fingerprint density at radius 2 is 1.91 bits per heavy atom. The topological polar surface area (TPSA) is 51.2 Å². The van der Waals surface area contributed by atoms with E-state index in [0.717, 1.165) is 10.9 Å². The van der Waals surface area contributed by atoms with Crippen molar-refractivity contribution in [3.05, 3.63) is 66.6 Å². The third-order valence-electron chi connectivity index (χ3n) is 3.40. The standard InChI is InChI=1S/C18H15FN2O2/c1-12(23-14-9-7-13(19)8-10-14)18(22)21-17-6-2-5-16-15(17)4-3-11-20-16/h2-12H,1H3,(H,21,22). The van der Waals surface area contributed by atoms with Crippen LogP contribution in [-0.2, 0) is 4.79 Å². The van der Waals surface area contributed by atoms with Crippen LogP contribution in [0.15, 0.2) is 60.8 Å². The Balaban J connectivity index is 1.74. The Hall–Kier alpha value is -2.95. The first-order valence-corrected chi connectivity index (χ1v) is 7.20. The smallest absolute Gasteiger partial charge is 0.265 e. The number of ether oxygens (including phenoxy) is 1. The number of pyridine rings is 1. The molecule has 3 aromatic rings. The third kappa shape index (κ3) is 3.45. The molecule has 2 aromatic carbocycles. The van der Waals surface area contributed by atoms with Crippen molar-refractivity contribution in [2.75, 3.05) is 5.32 Å². The predicted molar refractivity (Wildman–Crippen MR) is 86.9 cm³/mol. The molecule has 3 rings (SSSR count). The summed E-state index contributed by atoms with van der Waals surface area (Å²) < 4.78 is 18.4. The van der Waals surface area contributed by atoms with E-state index in [1.54, 1.807) is 13.1 Å². The van der Waals surface area contributed by atoms with Gasteiger partial charge in [-0.05, 0) is 55.5 Å². The molecule has 0 aliphatic heterocycles. The Kier molecular flexibility index (Phi) is 4.19. The Morgan fingerprint density at radius 1 is 1.13 bits per heavy atom. The van der Waals surface area contributed by atoms with E-state index in [4.69, 9.17) is 4.74 Å². The number of hydrogen-bond donors (Lipinski definition) is 1. The van der Waals surface area contributed by atoms with Crippen LogP contribution in [0.2, 0.25) is 0 Å². The van der Waals surface area contributed by atoms with E-state index in [1.165, 1.54) is 24.3 Å². The highest BCUT2D eigenvalue weighted by Gasteiger charge is 2.16. The molecule has 0 saturated carbocycles. The van der Waals surface area contributed by atoms with Gasteiger partial charge in [-0.1, -0.05) is 6.07 Å². The van der Waals surface area contributed by atoms with E-state index >= 15 is 0 Å². The molecule has 0 aliphatic carbocycles. The second kappa shape index (κ2) is 6.44. The van der Waals surface area contributed by atoms with Gasteiger partial charge < -0.3 is 10.1 Å². The zero-order valence-electron chi connectivity index (χ0n) is 12.5. The maximum absolute atomic E-state index is 12.9. The molecule has 1 unspecified atom stereocenters. The molecule has 0 radical (unpaired) electrons. The summed E-state index contributed by atoms with van der Waals surface area (Å²) in [5.41, 5.74) is 1.48. The molecule has 23 heavy (non-hydrogen) atoms. The maximum Gasteiger partial charge on any atom is 0.265 e. The molecule has 0 fully saturated rings. The zero-order valence-corrected chi connectivity index (χ0v) is 12.5. The molecule has 4 nitrogen and oxygen atoms in total. The van der Waals surface area contributed by atoms with Gasteiger partial charge in [0.05, 0.1) is 11.2 Å². The number of fused-ring (bicyclic) bond motifs is 1. The molecule has 1 amide bonds. The van der Waals surface area contributed by atoms with Crippen molar-refractivity contribution in [3.8, 4) is 5.75 Å². The van der Waals surface area contributed by atoms with E-state index in [2.05, 4.69) is 10.3 Å². The first-order valence-electron chi connectivity index (χ1n) is 7.20. The van der Waals surface area contributed by atoms with Crippen LogP contribution in [0.1, 0.15) is 6.92 Å². The number of benzene rings is 2. The van der Waals surface area contributed by atoms with E-state index in [-0.39, 0.29) is 11.7 Å². The molecule has 1 atom stereocenters. The Labute approximate surface area is 132 Å². The summed E-state index contributed by atoms with van der Waals surface area (Å²) in [6, 6.07) is 14.8. The van der Waals surface area contributed by atoms with Gasteiger partial charge in [0.1, 0.15) is 11.6 Å². The summed E-state index contributed by atoms with van der Waals surface area (Å²) >= 11 is 0. The quantitative estimate of drug-likeness (QED) is 0.798. The van der Waals surface area contributed by atoms with Gasteiger partial charge in [0, 0.05) is 11.6 Å². The van der Waals surface area contributed by atoms with E-state index < -0.39 is 6.10 Å². The minimum atomic E-state index is -0.715. The summed E-state index contributed by atoms with van der Waals surface area (Å²) in [6.07, 6.45) is 0.987. The molecule has 0 saturated heterocycles. The second-order valence-electron chi connectivity index (χ2n) is 5.08. The highest BCUT2D eigenvalue weighted by molar-refractivity contribution is 6.02. The fourth-order valence-electron chi connectivity index (χ4n) is 2.22. The lowest BCUT2D eigenvalue weighted by Gasteiger charge is -2.15. The third-order valence-corrected chi connectivity index (χ3v) is 3.40. The van der Waals surface area contributed by atoms with E-state index in [0.29, 0.717) is 11.4 Å². The fraction of sp³-hybridized carbons (Fsp3) is 0.111. The van der Waals surface area contributed by atoms with Crippen LogP contribution in [-0.4, -0.2) is 17.0 Å². The number of anilines is 1. The number of rotatable bonds is 4. The number of amides is 1. The molecular formula is C18H15FN2O2. The average molecular weight is 310 g/mol. The van der Waals surface area contributed by atoms with Crippen molar-refractivity contribution in [1.29, 1.82) is 0 Å². The summed E-state index contributed by atoms with van der Waals surface area (Å²) in [5.74, 6) is -0.197. The Bertz CT molecular complexity index is 829. The van der Waals surface area contributed by atoms with E-state index in [9.17, 15) is 9.18 Å². The monoisotopic (exact) mass is 310 g/mol. The number of nitrogens with one attached hydrogen (secondary N) is 1. The number of nitrogens with zero attached hydrogens (tertiary/aromatic N) is 1. The molecule has 5 heteroatoms. The van der Waals surface area contributed by atoms with Crippen molar-refractivity contribution < 1.29 is 13.9 Å². The van der Waals surface area contributed by atoms with Crippen LogP contribution in [0.3, 0.4) is 0 Å².